The average Bonchev–Trinajstić information content (AvgIpc) is 3.23. The molecule has 8 nitrogen and oxygen atoms in total. The number of amides is 1. The predicted molar refractivity (Wildman–Crippen MR) is 136 cm³/mol. The Morgan fingerprint density at radius 1 is 1.13 bits per heavy atom. The van der Waals surface area contributed by atoms with Crippen LogP contribution in [0.1, 0.15) is 45.2 Å². The SMILES string of the molecule is CN=C(NCCNC(=O)OC(C)(C)C)NCC(c1ccccc1OC)N1CCCC1.I. The lowest BCUT2D eigenvalue weighted by atomic mass is 10.0. The second-order valence-corrected chi connectivity index (χ2v) is 8.31. The molecule has 0 bridgehead atoms. The maximum Gasteiger partial charge on any atom is 0.407 e. The summed E-state index contributed by atoms with van der Waals surface area (Å²) < 4.78 is 10.8. The van der Waals surface area contributed by atoms with Crippen LogP contribution in [0.2, 0.25) is 0 Å². The fraction of sp³-hybridized carbons (Fsp3) is 0.636. The summed E-state index contributed by atoms with van der Waals surface area (Å²) in [5.74, 6) is 1.60. The maximum atomic E-state index is 11.7. The highest BCUT2D eigenvalue weighted by Gasteiger charge is 2.26. The van der Waals surface area contributed by atoms with E-state index in [-0.39, 0.29) is 30.0 Å². The van der Waals surface area contributed by atoms with E-state index in [9.17, 15) is 4.79 Å². The van der Waals surface area contributed by atoms with Crippen molar-refractivity contribution in [2.75, 3.05) is 46.9 Å². The summed E-state index contributed by atoms with van der Waals surface area (Å²) in [4.78, 5) is 18.5. The van der Waals surface area contributed by atoms with Gasteiger partial charge in [0.15, 0.2) is 5.96 Å². The van der Waals surface area contributed by atoms with E-state index < -0.39 is 11.7 Å². The number of halogens is 1. The smallest absolute Gasteiger partial charge is 0.407 e. The zero-order chi connectivity index (χ0) is 22.0. The molecule has 0 saturated carbocycles. The highest BCUT2D eigenvalue weighted by atomic mass is 127. The number of carbonyl (C=O) groups excluding carboxylic acids is 1. The van der Waals surface area contributed by atoms with Crippen LogP contribution in [0.25, 0.3) is 0 Å². The minimum absolute atomic E-state index is 0. The van der Waals surface area contributed by atoms with Crippen LogP contribution >= 0.6 is 24.0 Å². The molecule has 1 heterocycles. The first-order valence-corrected chi connectivity index (χ1v) is 10.6. The van der Waals surface area contributed by atoms with Crippen LogP contribution in [0.3, 0.4) is 0 Å². The zero-order valence-electron chi connectivity index (χ0n) is 19.4. The number of rotatable bonds is 8. The van der Waals surface area contributed by atoms with Crippen LogP contribution < -0.4 is 20.7 Å². The Balaban J connectivity index is 0.00000480. The average molecular weight is 547 g/mol. The number of methoxy groups -OCH3 is 1. The summed E-state index contributed by atoms with van der Waals surface area (Å²) >= 11 is 0. The zero-order valence-corrected chi connectivity index (χ0v) is 21.7. The standard InChI is InChI=1S/C22H37N5O3.HI/c1-22(2,3)30-21(28)25-13-12-24-20(23-4)26-16-18(27-14-8-9-15-27)17-10-6-7-11-19(17)29-5;/h6-7,10-11,18H,8-9,12-16H2,1-5H3,(H,25,28)(H2,23,24,26);1H. The first-order chi connectivity index (χ1) is 14.3. The summed E-state index contributed by atoms with van der Waals surface area (Å²) in [5.41, 5.74) is 0.675. The topological polar surface area (TPSA) is 87.2 Å². The molecule has 0 aromatic heterocycles. The Morgan fingerprint density at radius 2 is 1.77 bits per heavy atom. The Bertz CT molecular complexity index is 703. The van der Waals surface area contributed by atoms with E-state index in [4.69, 9.17) is 9.47 Å². The molecule has 1 atom stereocenters. The van der Waals surface area contributed by atoms with E-state index in [0.29, 0.717) is 25.6 Å². The second-order valence-electron chi connectivity index (χ2n) is 8.31. The molecule has 1 amide bonds. The van der Waals surface area contributed by atoms with Gasteiger partial charge in [-0.05, 0) is 52.8 Å². The molecule has 1 unspecified atom stereocenters. The number of hydrogen-bond acceptors (Lipinski definition) is 5. The number of hydrogen-bond donors (Lipinski definition) is 3. The number of carbonyl (C=O) groups is 1. The molecule has 1 aromatic rings. The van der Waals surface area contributed by atoms with Gasteiger partial charge >= 0.3 is 6.09 Å². The summed E-state index contributed by atoms with van der Waals surface area (Å²) in [6.45, 7) is 9.38. The van der Waals surface area contributed by atoms with Crippen molar-refractivity contribution in [3.05, 3.63) is 29.8 Å². The third kappa shape index (κ3) is 9.51. The molecule has 9 heteroatoms. The van der Waals surface area contributed by atoms with Gasteiger partial charge in [-0.1, -0.05) is 18.2 Å². The summed E-state index contributed by atoms with van der Waals surface area (Å²) in [6, 6.07) is 8.38. The van der Waals surface area contributed by atoms with E-state index >= 15 is 0 Å². The molecule has 176 valence electrons. The number of para-hydroxylation sites is 1. The van der Waals surface area contributed by atoms with Gasteiger partial charge in [-0.15, -0.1) is 24.0 Å². The van der Waals surface area contributed by atoms with E-state index in [2.05, 4.69) is 38.0 Å². The van der Waals surface area contributed by atoms with Gasteiger partial charge < -0.3 is 25.4 Å². The Morgan fingerprint density at radius 3 is 2.39 bits per heavy atom. The highest BCUT2D eigenvalue weighted by molar-refractivity contribution is 14.0. The van der Waals surface area contributed by atoms with Crippen LogP contribution in [-0.2, 0) is 4.74 Å². The van der Waals surface area contributed by atoms with Gasteiger partial charge in [0.2, 0.25) is 0 Å². The fourth-order valence-electron chi connectivity index (χ4n) is 3.50. The van der Waals surface area contributed by atoms with Crippen molar-refractivity contribution in [2.24, 2.45) is 4.99 Å². The van der Waals surface area contributed by atoms with E-state index in [1.807, 2.05) is 32.9 Å². The molecule has 31 heavy (non-hydrogen) atoms. The van der Waals surface area contributed by atoms with Gasteiger partial charge in [-0.25, -0.2) is 4.79 Å². The van der Waals surface area contributed by atoms with Crippen molar-refractivity contribution in [3.63, 3.8) is 0 Å². The number of benzene rings is 1. The Labute approximate surface area is 203 Å². The largest absolute Gasteiger partial charge is 0.496 e. The molecule has 1 aromatic carbocycles. The minimum Gasteiger partial charge on any atom is -0.496 e. The summed E-state index contributed by atoms with van der Waals surface area (Å²) in [5, 5.41) is 9.39. The van der Waals surface area contributed by atoms with Gasteiger partial charge in [0.1, 0.15) is 11.4 Å². The van der Waals surface area contributed by atoms with Crippen molar-refractivity contribution in [2.45, 2.75) is 45.3 Å². The van der Waals surface area contributed by atoms with Crippen LogP contribution in [-0.4, -0.2) is 69.4 Å². The van der Waals surface area contributed by atoms with Gasteiger partial charge in [0.05, 0.1) is 13.2 Å². The van der Waals surface area contributed by atoms with Gasteiger partial charge in [0.25, 0.3) is 0 Å². The molecule has 0 radical (unpaired) electrons. The minimum atomic E-state index is -0.502. The highest BCUT2D eigenvalue weighted by Crippen LogP contribution is 2.31. The summed E-state index contributed by atoms with van der Waals surface area (Å²) in [7, 11) is 3.45. The Hall–Kier alpha value is -1.75. The number of guanidine groups is 1. The van der Waals surface area contributed by atoms with Gasteiger partial charge in [-0.2, -0.15) is 0 Å². The van der Waals surface area contributed by atoms with Crippen molar-refractivity contribution in [1.29, 1.82) is 0 Å². The number of nitrogens with one attached hydrogen (secondary N) is 3. The number of nitrogens with zero attached hydrogens (tertiary/aromatic N) is 2. The first-order valence-electron chi connectivity index (χ1n) is 10.6. The molecule has 0 aliphatic carbocycles. The molecular weight excluding hydrogens is 509 g/mol. The van der Waals surface area contributed by atoms with E-state index in [1.165, 1.54) is 18.4 Å². The van der Waals surface area contributed by atoms with Crippen molar-refractivity contribution >= 4 is 36.0 Å². The molecule has 1 saturated heterocycles. The van der Waals surface area contributed by atoms with E-state index in [0.717, 1.165) is 18.8 Å². The van der Waals surface area contributed by atoms with E-state index in [1.54, 1.807) is 14.2 Å². The molecule has 1 aliphatic heterocycles. The summed E-state index contributed by atoms with van der Waals surface area (Å²) in [6.07, 6.45) is 2.02. The van der Waals surface area contributed by atoms with Crippen molar-refractivity contribution < 1.29 is 14.3 Å². The van der Waals surface area contributed by atoms with Crippen LogP contribution in [0.4, 0.5) is 4.79 Å². The van der Waals surface area contributed by atoms with Gasteiger partial charge in [0, 0.05) is 32.2 Å². The number of ether oxygens (including phenoxy) is 2. The molecule has 0 spiro atoms. The van der Waals surface area contributed by atoms with Crippen LogP contribution in [0, 0.1) is 0 Å². The third-order valence-corrected chi connectivity index (χ3v) is 4.85. The number of likely N-dealkylation sites (tertiary alicyclic amines) is 1. The first kappa shape index (κ1) is 27.3. The third-order valence-electron chi connectivity index (χ3n) is 4.85. The normalized spacial score (nSPS) is 15.6. The number of aliphatic imine (C=N–C) groups is 1. The molecular formula is C22H38IN5O3. The van der Waals surface area contributed by atoms with Crippen molar-refractivity contribution in [1.82, 2.24) is 20.9 Å². The van der Waals surface area contributed by atoms with Crippen LogP contribution in [0.5, 0.6) is 5.75 Å². The molecule has 2 rings (SSSR count). The molecule has 1 fully saturated rings. The van der Waals surface area contributed by atoms with Crippen molar-refractivity contribution in [3.8, 4) is 5.75 Å². The monoisotopic (exact) mass is 547 g/mol. The van der Waals surface area contributed by atoms with Crippen LogP contribution in [0.15, 0.2) is 29.3 Å². The second kappa shape index (κ2) is 13.6. The lowest BCUT2D eigenvalue weighted by Crippen LogP contribution is -2.45. The fourth-order valence-corrected chi connectivity index (χ4v) is 3.50. The number of alkyl carbamates (subject to hydrolysis) is 1. The molecule has 3 N–H and O–H groups in total. The Kier molecular flexibility index (Phi) is 12.0. The van der Waals surface area contributed by atoms with Gasteiger partial charge in [-0.3, -0.25) is 9.89 Å². The maximum absolute atomic E-state index is 11.7. The lowest BCUT2D eigenvalue weighted by molar-refractivity contribution is 0.0529. The lowest BCUT2D eigenvalue weighted by Gasteiger charge is -2.30. The predicted octanol–water partition coefficient (Wildman–Crippen LogP) is 3.14. The molecule has 1 aliphatic rings. The quantitative estimate of drug-likeness (QED) is 0.201.